The Morgan fingerprint density at radius 2 is 1.89 bits per heavy atom. The molecular formula is C26H25F2N7O2. The van der Waals surface area contributed by atoms with Crippen LogP contribution >= 0.6 is 0 Å². The number of aromatic nitrogens is 4. The zero-order valence-corrected chi connectivity index (χ0v) is 20.0. The van der Waals surface area contributed by atoms with Crippen LogP contribution in [0.4, 0.5) is 20.3 Å². The molecule has 11 heteroatoms. The van der Waals surface area contributed by atoms with E-state index in [2.05, 4.69) is 36.4 Å². The summed E-state index contributed by atoms with van der Waals surface area (Å²) in [6, 6.07) is 11.2. The molecule has 2 aliphatic heterocycles. The first-order valence-electron chi connectivity index (χ1n) is 12.1. The van der Waals surface area contributed by atoms with Crippen molar-refractivity contribution in [1.82, 2.24) is 25.1 Å². The zero-order valence-electron chi connectivity index (χ0n) is 20.0. The van der Waals surface area contributed by atoms with Gasteiger partial charge in [0.15, 0.2) is 5.69 Å². The fourth-order valence-corrected chi connectivity index (χ4v) is 4.63. The third-order valence-corrected chi connectivity index (χ3v) is 6.59. The third-order valence-electron chi connectivity index (χ3n) is 6.59. The standard InChI is InChI=1S/C26H25F2N7O2/c27-26(28)15-35(16-26)23-4-2-20(13-30-23)31-25(36)24-21-10-18(1-3-22(21)32-33-24)19-9-17(11-29-12-19)14-34-5-7-37-8-6-34/h1-4,9-13H,5-8,14-16H2,(H,31,36)(H,32,33). The van der Waals surface area contributed by atoms with Gasteiger partial charge in [0, 0.05) is 43.0 Å². The van der Waals surface area contributed by atoms with Crippen molar-refractivity contribution >= 4 is 28.3 Å². The number of nitrogens with one attached hydrogen (secondary N) is 2. The third kappa shape index (κ3) is 5.00. The molecule has 5 heterocycles. The van der Waals surface area contributed by atoms with Crippen LogP contribution < -0.4 is 10.2 Å². The number of morpholine rings is 1. The molecule has 0 atom stereocenters. The number of ether oxygens (including phenoxy) is 1. The largest absolute Gasteiger partial charge is 0.379 e. The molecule has 0 aliphatic carbocycles. The van der Waals surface area contributed by atoms with Crippen molar-refractivity contribution in [3.63, 3.8) is 0 Å². The van der Waals surface area contributed by atoms with Gasteiger partial charge in [-0.1, -0.05) is 6.07 Å². The molecule has 0 radical (unpaired) electrons. The molecule has 1 amide bonds. The number of halogens is 2. The first-order chi connectivity index (χ1) is 17.9. The van der Waals surface area contributed by atoms with E-state index in [0.29, 0.717) is 16.9 Å². The lowest BCUT2D eigenvalue weighted by molar-refractivity contribution is -0.0267. The molecule has 190 valence electrons. The van der Waals surface area contributed by atoms with E-state index in [1.165, 1.54) is 11.1 Å². The van der Waals surface area contributed by atoms with Gasteiger partial charge in [-0.2, -0.15) is 5.10 Å². The SMILES string of the molecule is O=C(Nc1ccc(N2CC(F)(F)C2)nc1)c1n[nH]c2ccc(-c3cncc(CN4CCOCC4)c3)cc12. The summed E-state index contributed by atoms with van der Waals surface area (Å²) in [5.74, 6) is -2.62. The second-order valence-electron chi connectivity index (χ2n) is 9.37. The van der Waals surface area contributed by atoms with Crippen LogP contribution in [0, 0.1) is 0 Å². The Balaban J connectivity index is 1.18. The second kappa shape index (κ2) is 9.49. The van der Waals surface area contributed by atoms with E-state index in [-0.39, 0.29) is 18.8 Å². The number of H-pyrrole nitrogens is 1. The summed E-state index contributed by atoms with van der Waals surface area (Å²) in [6.45, 7) is 3.39. The average Bonchev–Trinajstić information content (AvgIpc) is 3.32. The number of carbonyl (C=O) groups is 1. The van der Waals surface area contributed by atoms with Crippen molar-refractivity contribution in [2.45, 2.75) is 12.5 Å². The molecule has 0 spiro atoms. The number of rotatable bonds is 6. The number of aromatic amines is 1. The number of anilines is 2. The molecule has 3 aromatic heterocycles. The molecule has 6 rings (SSSR count). The number of alkyl halides is 2. The van der Waals surface area contributed by atoms with Gasteiger partial charge in [-0.15, -0.1) is 0 Å². The second-order valence-corrected chi connectivity index (χ2v) is 9.37. The molecular weight excluding hydrogens is 480 g/mol. The number of fused-ring (bicyclic) bond motifs is 1. The summed E-state index contributed by atoms with van der Waals surface area (Å²) < 4.78 is 31.7. The summed E-state index contributed by atoms with van der Waals surface area (Å²) in [6.07, 6.45) is 5.14. The van der Waals surface area contributed by atoms with E-state index in [1.54, 1.807) is 12.1 Å². The van der Waals surface area contributed by atoms with Crippen LogP contribution in [-0.4, -0.2) is 76.3 Å². The number of amides is 1. The molecule has 9 nitrogen and oxygen atoms in total. The Bertz CT molecular complexity index is 1430. The van der Waals surface area contributed by atoms with Crippen LogP contribution in [0.5, 0.6) is 0 Å². The molecule has 0 saturated carbocycles. The highest BCUT2D eigenvalue weighted by Gasteiger charge is 2.44. The highest BCUT2D eigenvalue weighted by molar-refractivity contribution is 6.11. The van der Waals surface area contributed by atoms with Gasteiger partial charge in [0.05, 0.1) is 43.7 Å². The van der Waals surface area contributed by atoms with Crippen molar-refractivity contribution in [1.29, 1.82) is 0 Å². The molecule has 1 aromatic carbocycles. The van der Waals surface area contributed by atoms with E-state index in [9.17, 15) is 13.6 Å². The number of benzene rings is 1. The fourth-order valence-electron chi connectivity index (χ4n) is 4.63. The van der Waals surface area contributed by atoms with Crippen molar-refractivity contribution < 1.29 is 18.3 Å². The molecule has 2 aliphatic rings. The lowest BCUT2D eigenvalue weighted by atomic mass is 10.0. The minimum Gasteiger partial charge on any atom is -0.379 e. The minimum absolute atomic E-state index is 0.251. The van der Waals surface area contributed by atoms with Crippen LogP contribution in [0.1, 0.15) is 16.1 Å². The van der Waals surface area contributed by atoms with E-state index in [1.807, 2.05) is 30.6 Å². The molecule has 0 unspecified atom stereocenters. The maximum atomic E-state index is 13.1. The van der Waals surface area contributed by atoms with Gasteiger partial charge in [0.2, 0.25) is 0 Å². The first kappa shape index (κ1) is 23.4. The van der Waals surface area contributed by atoms with Crippen molar-refractivity contribution in [2.24, 2.45) is 0 Å². The van der Waals surface area contributed by atoms with E-state index < -0.39 is 11.8 Å². The van der Waals surface area contributed by atoms with Gasteiger partial charge < -0.3 is 15.0 Å². The maximum Gasteiger partial charge on any atom is 0.282 e. The topological polar surface area (TPSA) is 99.3 Å². The maximum absolute atomic E-state index is 13.1. The van der Waals surface area contributed by atoms with Gasteiger partial charge in [0.1, 0.15) is 5.82 Å². The van der Waals surface area contributed by atoms with Crippen LogP contribution in [-0.2, 0) is 11.3 Å². The number of carbonyl (C=O) groups excluding carboxylic acids is 1. The predicted molar refractivity (Wildman–Crippen MR) is 135 cm³/mol. The summed E-state index contributed by atoms with van der Waals surface area (Å²) >= 11 is 0. The Hall–Kier alpha value is -3.96. The average molecular weight is 506 g/mol. The summed E-state index contributed by atoms with van der Waals surface area (Å²) in [5, 5.41) is 10.6. The van der Waals surface area contributed by atoms with Crippen molar-refractivity contribution in [2.75, 3.05) is 49.6 Å². The number of hydrogen-bond acceptors (Lipinski definition) is 7. The summed E-state index contributed by atoms with van der Waals surface area (Å²) in [4.78, 5) is 25.5. The lowest BCUT2D eigenvalue weighted by Gasteiger charge is -2.39. The number of hydrogen-bond donors (Lipinski definition) is 2. The molecule has 0 bridgehead atoms. The minimum atomic E-state index is -2.67. The fraction of sp³-hybridized carbons (Fsp3) is 0.308. The monoisotopic (exact) mass is 505 g/mol. The van der Waals surface area contributed by atoms with Crippen LogP contribution in [0.3, 0.4) is 0 Å². The molecule has 37 heavy (non-hydrogen) atoms. The molecule has 4 aromatic rings. The van der Waals surface area contributed by atoms with E-state index in [4.69, 9.17) is 4.74 Å². The smallest absolute Gasteiger partial charge is 0.282 e. The number of pyridine rings is 2. The molecule has 2 saturated heterocycles. The molecule has 2 fully saturated rings. The van der Waals surface area contributed by atoms with Gasteiger partial charge in [-0.25, -0.2) is 13.8 Å². The Kier molecular flexibility index (Phi) is 6.01. The van der Waals surface area contributed by atoms with Gasteiger partial charge in [-0.05, 0) is 41.5 Å². The van der Waals surface area contributed by atoms with Crippen LogP contribution in [0.25, 0.3) is 22.0 Å². The first-order valence-corrected chi connectivity index (χ1v) is 12.1. The van der Waals surface area contributed by atoms with Gasteiger partial charge in [0.25, 0.3) is 11.8 Å². The Labute approximate surface area is 211 Å². The van der Waals surface area contributed by atoms with Gasteiger partial charge >= 0.3 is 0 Å². The van der Waals surface area contributed by atoms with Crippen LogP contribution in [0.15, 0.2) is 55.0 Å². The van der Waals surface area contributed by atoms with Crippen LogP contribution in [0.2, 0.25) is 0 Å². The van der Waals surface area contributed by atoms with E-state index >= 15 is 0 Å². The Morgan fingerprint density at radius 3 is 2.65 bits per heavy atom. The highest BCUT2D eigenvalue weighted by atomic mass is 19.3. The van der Waals surface area contributed by atoms with E-state index in [0.717, 1.165) is 55.1 Å². The zero-order chi connectivity index (χ0) is 25.4. The highest BCUT2D eigenvalue weighted by Crippen LogP contribution is 2.31. The Morgan fingerprint density at radius 1 is 1.05 bits per heavy atom. The summed E-state index contributed by atoms with van der Waals surface area (Å²) in [5.41, 5.74) is 4.43. The molecule has 2 N–H and O–H groups in total. The van der Waals surface area contributed by atoms with Crippen molar-refractivity contribution in [3.05, 3.63) is 66.2 Å². The normalized spacial score (nSPS) is 17.5. The quantitative estimate of drug-likeness (QED) is 0.413. The predicted octanol–water partition coefficient (Wildman–Crippen LogP) is 3.56. The summed E-state index contributed by atoms with van der Waals surface area (Å²) in [7, 11) is 0. The number of nitrogens with zero attached hydrogens (tertiary/aromatic N) is 5. The van der Waals surface area contributed by atoms with Gasteiger partial charge in [-0.3, -0.25) is 19.8 Å². The van der Waals surface area contributed by atoms with Crippen molar-refractivity contribution in [3.8, 4) is 11.1 Å². The lowest BCUT2D eigenvalue weighted by Crippen LogP contribution is -2.56.